The first-order chi connectivity index (χ1) is 16.2. The van der Waals surface area contributed by atoms with Gasteiger partial charge in [0.2, 0.25) is 5.91 Å². The van der Waals surface area contributed by atoms with Crippen LogP contribution in [0.4, 0.5) is 5.69 Å². The lowest BCUT2D eigenvalue weighted by molar-refractivity contribution is -0.384. The van der Waals surface area contributed by atoms with Crippen molar-refractivity contribution in [1.82, 2.24) is 9.80 Å². The number of benzene rings is 2. The van der Waals surface area contributed by atoms with E-state index in [-0.39, 0.29) is 24.6 Å². The Bertz CT molecular complexity index is 1220. The third kappa shape index (κ3) is 3.02. The number of nitrogens with zero attached hydrogens (tertiary/aromatic N) is 3. The molecule has 3 aliphatic rings. The van der Waals surface area contributed by atoms with Gasteiger partial charge in [0.15, 0.2) is 11.6 Å². The van der Waals surface area contributed by atoms with E-state index in [4.69, 9.17) is 32.7 Å². The van der Waals surface area contributed by atoms with E-state index >= 15 is 0 Å². The van der Waals surface area contributed by atoms with Crippen molar-refractivity contribution in [3.05, 3.63) is 73.8 Å². The number of carbonyl (C=O) groups is 3. The van der Waals surface area contributed by atoms with E-state index in [1.165, 1.54) is 36.3 Å². The largest absolute Gasteiger partial charge is 0.468 e. The van der Waals surface area contributed by atoms with Gasteiger partial charge in [-0.05, 0) is 29.8 Å². The van der Waals surface area contributed by atoms with Gasteiger partial charge in [-0.15, -0.1) is 0 Å². The van der Waals surface area contributed by atoms with E-state index in [0.717, 1.165) is 0 Å². The molecule has 0 bridgehead atoms. The lowest BCUT2D eigenvalue weighted by Gasteiger charge is -2.41. The summed E-state index contributed by atoms with van der Waals surface area (Å²) in [6.07, 6.45) is -0.371. The Morgan fingerprint density at radius 3 is 2.38 bits per heavy atom. The number of methoxy groups -OCH3 is 1. The molecule has 3 fully saturated rings. The van der Waals surface area contributed by atoms with Crippen LogP contribution in [0.25, 0.3) is 0 Å². The minimum Gasteiger partial charge on any atom is -0.468 e. The number of rotatable bonds is 6. The van der Waals surface area contributed by atoms with Crippen LogP contribution >= 0.6 is 23.2 Å². The molecule has 5 atom stereocenters. The summed E-state index contributed by atoms with van der Waals surface area (Å²) in [5.74, 6) is -1.79. The van der Waals surface area contributed by atoms with Gasteiger partial charge >= 0.3 is 11.9 Å². The molecule has 0 aliphatic carbocycles. The monoisotopic (exact) mass is 505 g/mol. The molecule has 0 radical (unpaired) electrons. The van der Waals surface area contributed by atoms with Crippen LogP contribution in [0.2, 0.25) is 10.0 Å². The average molecular weight is 506 g/mol. The van der Waals surface area contributed by atoms with Crippen LogP contribution in [0.15, 0.2) is 42.5 Å². The molecule has 1 unspecified atom stereocenters. The molecule has 2 aromatic rings. The first kappa shape index (κ1) is 22.6. The van der Waals surface area contributed by atoms with Crippen LogP contribution < -0.4 is 0 Å². The van der Waals surface area contributed by atoms with Gasteiger partial charge in [0.25, 0.3) is 5.69 Å². The Hall–Kier alpha value is -3.21. The van der Waals surface area contributed by atoms with Gasteiger partial charge in [0.1, 0.15) is 6.61 Å². The Morgan fingerprint density at radius 1 is 1.18 bits per heavy atom. The standard InChI is InChI=1S/C22H17Cl2N3O7/c1-33-21(30)22-18(17-13(23)3-2-4-14(17)24)26(22)15-9-16(28)25(15)19(22)20(29)34-10-11-5-7-12(8-6-11)27(31)32/h2-8,15,18-19H,9-10H2,1H3/t15-,18-,19+,22+,26?/m0/s1. The van der Waals surface area contributed by atoms with Gasteiger partial charge in [-0.25, -0.2) is 9.59 Å². The van der Waals surface area contributed by atoms with Gasteiger partial charge in [-0.1, -0.05) is 29.3 Å². The van der Waals surface area contributed by atoms with E-state index in [1.807, 2.05) is 0 Å². The molecule has 3 heterocycles. The maximum atomic E-state index is 13.3. The van der Waals surface area contributed by atoms with Crippen LogP contribution in [0.5, 0.6) is 0 Å². The van der Waals surface area contributed by atoms with Crippen molar-refractivity contribution in [1.29, 1.82) is 0 Å². The Labute approximate surface area is 203 Å². The molecule has 0 aromatic heterocycles. The number of amides is 1. The number of non-ortho nitro benzene ring substituents is 1. The predicted octanol–water partition coefficient (Wildman–Crippen LogP) is 2.85. The van der Waals surface area contributed by atoms with Crippen molar-refractivity contribution in [2.45, 2.75) is 36.8 Å². The first-order valence-electron chi connectivity index (χ1n) is 10.2. The highest BCUT2D eigenvalue weighted by Crippen LogP contribution is 2.67. The van der Waals surface area contributed by atoms with Gasteiger partial charge in [0, 0.05) is 27.7 Å². The molecule has 34 heavy (non-hydrogen) atoms. The summed E-state index contributed by atoms with van der Waals surface area (Å²) in [7, 11) is 1.20. The van der Waals surface area contributed by atoms with Crippen LogP contribution in [0, 0.1) is 10.1 Å². The normalized spacial score (nSPS) is 28.4. The van der Waals surface area contributed by atoms with E-state index in [1.54, 1.807) is 23.1 Å². The van der Waals surface area contributed by atoms with Crippen molar-refractivity contribution in [3.8, 4) is 0 Å². The highest BCUT2D eigenvalue weighted by Gasteiger charge is 2.86. The number of β-lactam (4-membered cyclic amide) rings is 1. The molecule has 0 saturated carbocycles. The fourth-order valence-electron chi connectivity index (χ4n) is 5.07. The van der Waals surface area contributed by atoms with Crippen LogP contribution in [-0.4, -0.2) is 57.4 Å². The summed E-state index contributed by atoms with van der Waals surface area (Å²) in [6, 6.07) is 8.51. The summed E-state index contributed by atoms with van der Waals surface area (Å²) >= 11 is 12.8. The average Bonchev–Trinajstić information content (AvgIpc) is 3.39. The topological polar surface area (TPSA) is 119 Å². The van der Waals surface area contributed by atoms with E-state index in [2.05, 4.69) is 0 Å². The van der Waals surface area contributed by atoms with Crippen LogP contribution in [0.1, 0.15) is 23.6 Å². The Morgan fingerprint density at radius 2 is 1.82 bits per heavy atom. The fraction of sp³-hybridized carbons (Fsp3) is 0.318. The van der Waals surface area contributed by atoms with E-state index < -0.39 is 40.7 Å². The minimum absolute atomic E-state index is 0.0994. The van der Waals surface area contributed by atoms with E-state index in [0.29, 0.717) is 21.2 Å². The molecule has 1 amide bonds. The number of ether oxygens (including phenoxy) is 2. The molecule has 0 N–H and O–H groups in total. The third-order valence-corrected chi connectivity index (χ3v) is 7.23. The molecule has 3 aliphatic heterocycles. The number of carbonyl (C=O) groups excluding carboxylic acids is 3. The SMILES string of the molecule is COC(=O)[C@]12[C@H](c3c(Cl)cccc3Cl)N1[C@H]1CC(=O)N1[C@@H]2C(=O)OCc1ccc([N+](=O)[O-])cc1. The summed E-state index contributed by atoms with van der Waals surface area (Å²) in [4.78, 5) is 52.2. The van der Waals surface area contributed by atoms with Gasteiger partial charge in [-0.2, -0.15) is 0 Å². The molecular weight excluding hydrogens is 489 g/mol. The van der Waals surface area contributed by atoms with Crippen molar-refractivity contribution >= 4 is 46.7 Å². The highest BCUT2D eigenvalue weighted by molar-refractivity contribution is 6.36. The second-order valence-electron chi connectivity index (χ2n) is 8.18. The zero-order valence-electron chi connectivity index (χ0n) is 17.6. The fourth-order valence-corrected chi connectivity index (χ4v) is 5.68. The van der Waals surface area contributed by atoms with Crippen molar-refractivity contribution in [2.75, 3.05) is 7.11 Å². The number of fused-ring (bicyclic) bond motifs is 3. The number of halogens is 2. The number of nitro benzene ring substituents is 1. The Balaban J connectivity index is 1.47. The highest BCUT2D eigenvalue weighted by atomic mass is 35.5. The first-order valence-corrected chi connectivity index (χ1v) is 11.0. The zero-order chi connectivity index (χ0) is 24.4. The van der Waals surface area contributed by atoms with Crippen molar-refractivity contribution in [2.24, 2.45) is 0 Å². The molecule has 3 saturated heterocycles. The maximum absolute atomic E-state index is 13.3. The molecule has 2 aromatic carbocycles. The van der Waals surface area contributed by atoms with Gasteiger partial charge in [0.05, 0.1) is 30.7 Å². The molecule has 10 nitrogen and oxygen atoms in total. The quantitative estimate of drug-likeness (QED) is 0.193. The van der Waals surface area contributed by atoms with Crippen LogP contribution in [-0.2, 0) is 30.5 Å². The Kier molecular flexibility index (Phi) is 5.27. The predicted molar refractivity (Wildman–Crippen MR) is 118 cm³/mol. The van der Waals surface area contributed by atoms with Crippen LogP contribution in [0.3, 0.4) is 0 Å². The third-order valence-electron chi connectivity index (χ3n) is 6.57. The molecule has 5 rings (SSSR count). The number of nitro groups is 1. The summed E-state index contributed by atoms with van der Waals surface area (Å²) in [5, 5.41) is 11.5. The second kappa shape index (κ2) is 7.93. The molecule has 0 spiro atoms. The second-order valence-corrected chi connectivity index (χ2v) is 9.00. The lowest BCUT2D eigenvalue weighted by atomic mass is 9.89. The molecule has 176 valence electrons. The maximum Gasteiger partial charge on any atom is 0.331 e. The summed E-state index contributed by atoms with van der Waals surface area (Å²) in [5.41, 5.74) is -0.637. The lowest BCUT2D eigenvalue weighted by Crippen LogP contribution is -2.61. The summed E-state index contributed by atoms with van der Waals surface area (Å²) in [6.45, 7) is -0.200. The smallest absolute Gasteiger partial charge is 0.331 e. The van der Waals surface area contributed by atoms with Gasteiger partial charge in [-0.3, -0.25) is 19.8 Å². The molecular formula is C22H17Cl2N3O7. The number of hydrogen-bond donors (Lipinski definition) is 0. The number of esters is 2. The van der Waals surface area contributed by atoms with Crippen molar-refractivity contribution in [3.63, 3.8) is 0 Å². The van der Waals surface area contributed by atoms with Gasteiger partial charge < -0.3 is 14.4 Å². The minimum atomic E-state index is -1.52. The number of hydrogen-bond acceptors (Lipinski definition) is 8. The summed E-state index contributed by atoms with van der Waals surface area (Å²) < 4.78 is 10.5. The van der Waals surface area contributed by atoms with E-state index in [9.17, 15) is 24.5 Å². The molecule has 12 heteroatoms. The van der Waals surface area contributed by atoms with Crippen molar-refractivity contribution < 1.29 is 28.8 Å². The zero-order valence-corrected chi connectivity index (χ0v) is 19.2.